The van der Waals surface area contributed by atoms with Gasteiger partial charge in [-0.05, 0) is 38.3 Å². The molecule has 1 fully saturated rings. The maximum absolute atomic E-state index is 5.07. The quantitative estimate of drug-likeness (QED) is 0.840. The smallest absolute Gasteiger partial charge is 0.128 e. The van der Waals surface area contributed by atoms with E-state index in [1.807, 2.05) is 6.20 Å². The molecule has 1 aromatic rings. The largest absolute Gasteiger partial charge is 0.385 e. The lowest BCUT2D eigenvalue weighted by Gasteiger charge is -2.18. The Labute approximate surface area is 109 Å². The molecule has 0 aliphatic carbocycles. The van der Waals surface area contributed by atoms with Crippen LogP contribution in [0.3, 0.4) is 0 Å². The van der Waals surface area contributed by atoms with Crippen LogP contribution in [0.1, 0.15) is 26.2 Å². The SMILES string of the molecule is COCCC(C)Nc1ccc(N2CCCC2)nc1. The molecule has 1 saturated heterocycles. The van der Waals surface area contributed by atoms with E-state index in [2.05, 4.69) is 34.3 Å². The van der Waals surface area contributed by atoms with Gasteiger partial charge in [0.05, 0.1) is 11.9 Å². The summed E-state index contributed by atoms with van der Waals surface area (Å²) in [6.45, 7) is 5.23. The van der Waals surface area contributed by atoms with Crippen LogP contribution in [0.2, 0.25) is 0 Å². The number of hydrogen-bond donors (Lipinski definition) is 1. The lowest BCUT2D eigenvalue weighted by Crippen LogP contribution is -2.20. The van der Waals surface area contributed by atoms with Crippen molar-refractivity contribution in [3.05, 3.63) is 18.3 Å². The third-order valence-corrected chi connectivity index (χ3v) is 3.35. The number of ether oxygens (including phenoxy) is 1. The highest BCUT2D eigenvalue weighted by Gasteiger charge is 2.13. The molecule has 2 rings (SSSR count). The molecule has 1 aliphatic rings. The van der Waals surface area contributed by atoms with Crippen molar-refractivity contribution >= 4 is 11.5 Å². The fourth-order valence-corrected chi connectivity index (χ4v) is 2.26. The van der Waals surface area contributed by atoms with Crippen molar-refractivity contribution < 1.29 is 4.74 Å². The van der Waals surface area contributed by atoms with Crippen LogP contribution >= 0.6 is 0 Å². The zero-order valence-corrected chi connectivity index (χ0v) is 11.4. The highest BCUT2D eigenvalue weighted by atomic mass is 16.5. The topological polar surface area (TPSA) is 37.4 Å². The average molecular weight is 249 g/mol. The second-order valence-electron chi connectivity index (χ2n) is 4.93. The predicted octanol–water partition coefficient (Wildman–Crippen LogP) is 2.52. The highest BCUT2D eigenvalue weighted by Crippen LogP contribution is 2.19. The van der Waals surface area contributed by atoms with Gasteiger partial charge in [0.25, 0.3) is 0 Å². The van der Waals surface area contributed by atoms with Crippen LogP contribution in [-0.2, 0) is 4.74 Å². The van der Waals surface area contributed by atoms with Crippen molar-refractivity contribution in [2.24, 2.45) is 0 Å². The molecule has 0 spiro atoms. The van der Waals surface area contributed by atoms with E-state index >= 15 is 0 Å². The number of anilines is 2. The van der Waals surface area contributed by atoms with Crippen LogP contribution in [0.15, 0.2) is 18.3 Å². The summed E-state index contributed by atoms with van der Waals surface area (Å²) in [6.07, 6.45) is 5.51. The summed E-state index contributed by atoms with van der Waals surface area (Å²) in [7, 11) is 1.74. The number of methoxy groups -OCH3 is 1. The van der Waals surface area contributed by atoms with E-state index in [1.165, 1.54) is 12.8 Å². The van der Waals surface area contributed by atoms with Crippen LogP contribution in [0.5, 0.6) is 0 Å². The Morgan fingerprint density at radius 1 is 1.39 bits per heavy atom. The molecule has 1 aliphatic heterocycles. The Morgan fingerprint density at radius 2 is 2.17 bits per heavy atom. The second-order valence-corrected chi connectivity index (χ2v) is 4.93. The number of nitrogens with one attached hydrogen (secondary N) is 1. The Morgan fingerprint density at radius 3 is 2.78 bits per heavy atom. The molecule has 1 aromatic heterocycles. The van der Waals surface area contributed by atoms with Crippen molar-refractivity contribution in [2.45, 2.75) is 32.2 Å². The van der Waals surface area contributed by atoms with E-state index in [4.69, 9.17) is 4.74 Å². The molecule has 4 nitrogen and oxygen atoms in total. The molecular weight excluding hydrogens is 226 g/mol. The first-order valence-electron chi connectivity index (χ1n) is 6.76. The van der Waals surface area contributed by atoms with Gasteiger partial charge >= 0.3 is 0 Å². The molecule has 0 saturated carbocycles. The molecule has 1 unspecified atom stereocenters. The van der Waals surface area contributed by atoms with E-state index in [-0.39, 0.29) is 0 Å². The zero-order chi connectivity index (χ0) is 12.8. The van der Waals surface area contributed by atoms with E-state index in [0.29, 0.717) is 6.04 Å². The lowest BCUT2D eigenvalue weighted by atomic mass is 10.2. The van der Waals surface area contributed by atoms with Gasteiger partial charge in [0.2, 0.25) is 0 Å². The minimum absolute atomic E-state index is 0.407. The van der Waals surface area contributed by atoms with Crippen LogP contribution in [0.4, 0.5) is 11.5 Å². The van der Waals surface area contributed by atoms with Gasteiger partial charge in [-0.1, -0.05) is 0 Å². The molecule has 1 atom stereocenters. The molecule has 1 N–H and O–H groups in total. The Balaban J connectivity index is 1.86. The number of aromatic nitrogens is 1. The minimum atomic E-state index is 0.407. The van der Waals surface area contributed by atoms with Crippen LogP contribution in [0, 0.1) is 0 Å². The van der Waals surface area contributed by atoms with E-state index < -0.39 is 0 Å². The van der Waals surface area contributed by atoms with Crippen LogP contribution in [0.25, 0.3) is 0 Å². The first-order valence-corrected chi connectivity index (χ1v) is 6.76. The number of nitrogens with zero attached hydrogens (tertiary/aromatic N) is 2. The number of rotatable bonds is 6. The standard InChI is InChI=1S/C14H23N3O/c1-12(7-10-18-2)16-13-5-6-14(15-11-13)17-8-3-4-9-17/h5-6,11-12,16H,3-4,7-10H2,1-2H3. The maximum Gasteiger partial charge on any atom is 0.128 e. The molecule has 0 aromatic carbocycles. The fourth-order valence-electron chi connectivity index (χ4n) is 2.26. The van der Waals surface area contributed by atoms with Crippen molar-refractivity contribution in [3.63, 3.8) is 0 Å². The summed E-state index contributed by atoms with van der Waals surface area (Å²) in [6, 6.07) is 4.63. The van der Waals surface area contributed by atoms with Gasteiger partial charge < -0.3 is 15.0 Å². The lowest BCUT2D eigenvalue weighted by molar-refractivity contribution is 0.191. The van der Waals surface area contributed by atoms with Crippen molar-refractivity contribution in [1.29, 1.82) is 0 Å². The molecule has 100 valence electrons. The van der Waals surface area contributed by atoms with Crippen molar-refractivity contribution in [3.8, 4) is 0 Å². The molecular formula is C14H23N3O. The summed E-state index contributed by atoms with van der Waals surface area (Å²) in [5, 5.41) is 3.43. The second kappa shape index (κ2) is 6.59. The molecule has 4 heteroatoms. The normalized spacial score (nSPS) is 16.9. The summed E-state index contributed by atoms with van der Waals surface area (Å²) in [4.78, 5) is 6.87. The van der Waals surface area contributed by atoms with Crippen molar-refractivity contribution in [1.82, 2.24) is 4.98 Å². The van der Waals surface area contributed by atoms with Gasteiger partial charge in [-0.3, -0.25) is 0 Å². The van der Waals surface area contributed by atoms with Gasteiger partial charge in [0.15, 0.2) is 0 Å². The fraction of sp³-hybridized carbons (Fsp3) is 0.643. The summed E-state index contributed by atoms with van der Waals surface area (Å²) in [5.74, 6) is 1.10. The monoisotopic (exact) mass is 249 g/mol. The Hall–Kier alpha value is -1.29. The van der Waals surface area contributed by atoms with Gasteiger partial charge in [0.1, 0.15) is 5.82 Å². The Kier molecular flexibility index (Phi) is 4.81. The zero-order valence-electron chi connectivity index (χ0n) is 11.4. The predicted molar refractivity (Wildman–Crippen MR) is 75.3 cm³/mol. The van der Waals surface area contributed by atoms with E-state index in [1.54, 1.807) is 7.11 Å². The molecule has 0 amide bonds. The van der Waals surface area contributed by atoms with Crippen LogP contribution in [-0.4, -0.2) is 37.8 Å². The van der Waals surface area contributed by atoms with Gasteiger partial charge in [-0.15, -0.1) is 0 Å². The average Bonchev–Trinajstić information content (AvgIpc) is 2.91. The van der Waals surface area contributed by atoms with E-state index in [0.717, 1.165) is 37.6 Å². The number of hydrogen-bond acceptors (Lipinski definition) is 4. The minimum Gasteiger partial charge on any atom is -0.385 e. The maximum atomic E-state index is 5.07. The Bertz CT molecular complexity index is 347. The van der Waals surface area contributed by atoms with Crippen LogP contribution < -0.4 is 10.2 Å². The molecule has 0 bridgehead atoms. The third kappa shape index (κ3) is 3.60. The van der Waals surface area contributed by atoms with Gasteiger partial charge in [-0.2, -0.15) is 0 Å². The van der Waals surface area contributed by atoms with Crippen molar-refractivity contribution in [2.75, 3.05) is 37.0 Å². The third-order valence-electron chi connectivity index (χ3n) is 3.35. The van der Waals surface area contributed by atoms with Gasteiger partial charge in [0, 0.05) is 32.8 Å². The molecule has 18 heavy (non-hydrogen) atoms. The van der Waals surface area contributed by atoms with E-state index in [9.17, 15) is 0 Å². The molecule has 0 radical (unpaired) electrons. The highest BCUT2D eigenvalue weighted by molar-refractivity contribution is 5.49. The van der Waals surface area contributed by atoms with Gasteiger partial charge in [-0.25, -0.2) is 4.98 Å². The summed E-state index contributed by atoms with van der Waals surface area (Å²) in [5.41, 5.74) is 1.08. The summed E-state index contributed by atoms with van der Waals surface area (Å²) < 4.78 is 5.07. The number of pyridine rings is 1. The summed E-state index contributed by atoms with van der Waals surface area (Å²) >= 11 is 0. The first kappa shape index (κ1) is 13.1. The first-order chi connectivity index (χ1) is 8.79. The molecule has 2 heterocycles.